The smallest absolute Gasteiger partial charge is 0.306 e. The minimum Gasteiger partial charge on any atom is -0.481 e. The molecule has 0 aromatic carbocycles. The topological polar surface area (TPSA) is 37.3 Å². The second-order valence-electron chi connectivity index (χ2n) is 7.28. The minimum atomic E-state index is -0.602. The van der Waals surface area contributed by atoms with Gasteiger partial charge in [-0.3, -0.25) is 4.79 Å². The maximum Gasteiger partial charge on any atom is 0.306 e. The predicted octanol–water partition coefficient (Wildman–Crippen LogP) is 7.08. The Balaban J connectivity index is 1.90. The quantitative estimate of drug-likeness (QED) is 0.239. The highest BCUT2D eigenvalue weighted by Crippen LogP contribution is 2.39. The van der Waals surface area contributed by atoms with Crippen LogP contribution in [-0.2, 0) is 4.79 Å². The van der Waals surface area contributed by atoms with Gasteiger partial charge < -0.3 is 5.11 Å². The van der Waals surface area contributed by atoms with Crippen molar-refractivity contribution >= 4 is 5.97 Å². The summed E-state index contributed by atoms with van der Waals surface area (Å²) in [7, 11) is 0. The summed E-state index contributed by atoms with van der Waals surface area (Å²) in [5.41, 5.74) is 0. The Kier molecular flexibility index (Phi) is 13.0. The predicted molar refractivity (Wildman–Crippen MR) is 108 cm³/mol. The summed E-state index contributed by atoms with van der Waals surface area (Å²) in [6, 6.07) is 0. The van der Waals surface area contributed by atoms with Crippen LogP contribution in [0, 0.1) is 11.8 Å². The van der Waals surface area contributed by atoms with Crippen LogP contribution >= 0.6 is 0 Å². The number of hydrogen-bond acceptors (Lipinski definition) is 1. The summed E-state index contributed by atoms with van der Waals surface area (Å²) in [6.07, 6.45) is 28.5. The molecule has 1 aliphatic carbocycles. The normalized spacial score (nSPS) is 16.4. The van der Waals surface area contributed by atoms with E-state index < -0.39 is 5.97 Å². The third kappa shape index (κ3) is 12.7. The third-order valence-corrected chi connectivity index (χ3v) is 4.87. The van der Waals surface area contributed by atoms with Crippen LogP contribution in [0.3, 0.4) is 0 Å². The van der Waals surface area contributed by atoms with Crippen LogP contribution < -0.4 is 0 Å². The van der Waals surface area contributed by atoms with E-state index in [4.69, 9.17) is 0 Å². The summed E-state index contributed by atoms with van der Waals surface area (Å²) < 4.78 is 0. The standard InChI is InChI=1S/C23H38O2/c1-2-3-4-5-6-7-8-9-10-11-12-13-14-15-16-17-18-22(23(24)25)21-19-20-21/h6-7,11-12,15-16,21-22H,2-5,8-10,13-14,17-20H2,1H3,(H,24,25). The number of unbranched alkanes of at least 4 members (excludes halogenated alkanes) is 6. The molecular formula is C23H38O2. The molecule has 1 atom stereocenters. The molecule has 1 aliphatic rings. The van der Waals surface area contributed by atoms with Crippen LogP contribution in [0.5, 0.6) is 0 Å². The first-order valence-corrected chi connectivity index (χ1v) is 10.4. The number of aliphatic carboxylic acids is 1. The van der Waals surface area contributed by atoms with E-state index in [1.165, 1.54) is 44.9 Å². The number of carboxylic acid groups (broad SMARTS) is 1. The highest BCUT2D eigenvalue weighted by atomic mass is 16.4. The van der Waals surface area contributed by atoms with Crippen molar-refractivity contribution in [2.45, 2.75) is 90.4 Å². The zero-order valence-corrected chi connectivity index (χ0v) is 16.2. The molecule has 0 heterocycles. The van der Waals surface area contributed by atoms with E-state index in [-0.39, 0.29) is 5.92 Å². The van der Waals surface area contributed by atoms with Gasteiger partial charge in [0.15, 0.2) is 0 Å². The Labute approximate surface area is 155 Å². The lowest BCUT2D eigenvalue weighted by Crippen LogP contribution is -2.15. The van der Waals surface area contributed by atoms with Gasteiger partial charge in [0.05, 0.1) is 5.92 Å². The number of hydrogen-bond donors (Lipinski definition) is 1. The number of allylic oxidation sites excluding steroid dienone is 6. The van der Waals surface area contributed by atoms with Crippen molar-refractivity contribution in [1.82, 2.24) is 0 Å². The average Bonchev–Trinajstić information content (AvgIpc) is 3.42. The maximum absolute atomic E-state index is 11.1. The van der Waals surface area contributed by atoms with Gasteiger partial charge in [0.25, 0.3) is 0 Å². The summed E-state index contributed by atoms with van der Waals surface area (Å²) in [5, 5.41) is 9.17. The van der Waals surface area contributed by atoms with Gasteiger partial charge >= 0.3 is 5.97 Å². The molecule has 2 heteroatoms. The minimum absolute atomic E-state index is 0.106. The van der Waals surface area contributed by atoms with E-state index in [0.29, 0.717) is 5.92 Å². The molecule has 0 aromatic rings. The number of carboxylic acids is 1. The third-order valence-electron chi connectivity index (χ3n) is 4.87. The molecule has 0 spiro atoms. The molecule has 25 heavy (non-hydrogen) atoms. The summed E-state index contributed by atoms with van der Waals surface area (Å²) in [6.45, 7) is 2.25. The van der Waals surface area contributed by atoms with E-state index in [0.717, 1.165) is 38.5 Å². The van der Waals surface area contributed by atoms with Crippen LogP contribution in [0.15, 0.2) is 36.5 Å². The monoisotopic (exact) mass is 346 g/mol. The van der Waals surface area contributed by atoms with Gasteiger partial charge in [0.2, 0.25) is 0 Å². The largest absolute Gasteiger partial charge is 0.481 e. The van der Waals surface area contributed by atoms with Gasteiger partial charge in [-0.15, -0.1) is 0 Å². The van der Waals surface area contributed by atoms with Crippen LogP contribution in [0.4, 0.5) is 0 Å². The van der Waals surface area contributed by atoms with Crippen molar-refractivity contribution in [1.29, 1.82) is 0 Å². The van der Waals surface area contributed by atoms with Gasteiger partial charge in [0.1, 0.15) is 0 Å². The molecule has 0 aromatic heterocycles. The Hall–Kier alpha value is -1.31. The molecule has 1 N–H and O–H groups in total. The Morgan fingerprint density at radius 2 is 1.36 bits per heavy atom. The fraction of sp³-hybridized carbons (Fsp3) is 0.696. The molecule has 1 unspecified atom stereocenters. The average molecular weight is 347 g/mol. The van der Waals surface area contributed by atoms with Crippen molar-refractivity contribution in [3.63, 3.8) is 0 Å². The molecule has 1 rings (SSSR count). The zero-order valence-electron chi connectivity index (χ0n) is 16.2. The Morgan fingerprint density at radius 3 is 1.88 bits per heavy atom. The van der Waals surface area contributed by atoms with Gasteiger partial charge in [-0.2, -0.15) is 0 Å². The number of rotatable bonds is 16. The highest BCUT2D eigenvalue weighted by molar-refractivity contribution is 5.70. The molecule has 142 valence electrons. The molecule has 2 nitrogen and oxygen atoms in total. The van der Waals surface area contributed by atoms with Crippen molar-refractivity contribution in [3.05, 3.63) is 36.5 Å². The highest BCUT2D eigenvalue weighted by Gasteiger charge is 2.35. The molecular weight excluding hydrogens is 308 g/mol. The first-order valence-electron chi connectivity index (χ1n) is 10.4. The Bertz CT molecular complexity index is 416. The van der Waals surface area contributed by atoms with Gasteiger partial charge in [0, 0.05) is 0 Å². The number of carbonyl (C=O) groups is 1. The second-order valence-corrected chi connectivity index (χ2v) is 7.28. The molecule has 0 bridgehead atoms. The van der Waals surface area contributed by atoms with Crippen LogP contribution in [0.2, 0.25) is 0 Å². The second kappa shape index (κ2) is 15.0. The van der Waals surface area contributed by atoms with Gasteiger partial charge in [-0.1, -0.05) is 56.2 Å². The Morgan fingerprint density at radius 1 is 0.840 bits per heavy atom. The maximum atomic E-state index is 11.1. The molecule has 0 aliphatic heterocycles. The molecule has 1 saturated carbocycles. The van der Waals surface area contributed by atoms with Crippen molar-refractivity contribution in [3.8, 4) is 0 Å². The van der Waals surface area contributed by atoms with Crippen molar-refractivity contribution in [2.24, 2.45) is 11.8 Å². The van der Waals surface area contributed by atoms with E-state index in [2.05, 4.69) is 43.4 Å². The van der Waals surface area contributed by atoms with Crippen molar-refractivity contribution < 1.29 is 9.90 Å². The fourth-order valence-corrected chi connectivity index (χ4v) is 3.10. The molecule has 0 amide bonds. The van der Waals surface area contributed by atoms with E-state index in [1.54, 1.807) is 0 Å². The molecule has 0 saturated heterocycles. The lowest BCUT2D eigenvalue weighted by atomic mass is 9.98. The SMILES string of the molecule is CCCCCC=CCCCC=CCCC=CCCC(C(=O)O)C1CC1. The van der Waals surface area contributed by atoms with Crippen LogP contribution in [-0.4, -0.2) is 11.1 Å². The molecule has 1 fully saturated rings. The first kappa shape index (κ1) is 21.7. The zero-order chi connectivity index (χ0) is 18.2. The van der Waals surface area contributed by atoms with E-state index in [9.17, 15) is 9.90 Å². The summed E-state index contributed by atoms with van der Waals surface area (Å²) in [5.74, 6) is -0.250. The first-order chi connectivity index (χ1) is 12.3. The van der Waals surface area contributed by atoms with Crippen molar-refractivity contribution in [2.75, 3.05) is 0 Å². The lowest BCUT2D eigenvalue weighted by molar-refractivity contribution is -0.142. The van der Waals surface area contributed by atoms with E-state index >= 15 is 0 Å². The fourth-order valence-electron chi connectivity index (χ4n) is 3.10. The summed E-state index contributed by atoms with van der Waals surface area (Å²) >= 11 is 0. The molecule has 0 radical (unpaired) electrons. The van der Waals surface area contributed by atoms with Crippen LogP contribution in [0.25, 0.3) is 0 Å². The van der Waals surface area contributed by atoms with Gasteiger partial charge in [-0.25, -0.2) is 0 Å². The van der Waals surface area contributed by atoms with Gasteiger partial charge in [-0.05, 0) is 76.5 Å². The lowest BCUT2D eigenvalue weighted by Gasteiger charge is -2.08. The van der Waals surface area contributed by atoms with Crippen LogP contribution in [0.1, 0.15) is 90.4 Å². The summed E-state index contributed by atoms with van der Waals surface area (Å²) in [4.78, 5) is 11.1. The van der Waals surface area contributed by atoms with E-state index in [1.807, 2.05) is 0 Å².